The molecule has 1 aliphatic rings. The molecule has 1 aliphatic heterocycles. The Morgan fingerprint density at radius 3 is 3.00 bits per heavy atom. The van der Waals surface area contributed by atoms with Gasteiger partial charge in [0.1, 0.15) is 11.5 Å². The van der Waals surface area contributed by atoms with Gasteiger partial charge in [-0.15, -0.1) is 12.4 Å². The molecule has 3 nitrogen and oxygen atoms in total. The van der Waals surface area contributed by atoms with Crippen LogP contribution < -0.4 is 5.32 Å². The quantitative estimate of drug-likeness (QED) is 0.860. The molecule has 0 aliphatic carbocycles. The minimum atomic E-state index is -0.278. The smallest absolute Gasteiger partial charge is 0.142 e. The predicted molar refractivity (Wildman–Crippen MR) is 73.4 cm³/mol. The molecule has 2 aromatic rings. The zero-order chi connectivity index (χ0) is 11.8. The third-order valence-electron chi connectivity index (χ3n) is 3.19. The summed E-state index contributed by atoms with van der Waals surface area (Å²) in [6.07, 6.45) is 6.45. The van der Waals surface area contributed by atoms with Gasteiger partial charge in [-0.2, -0.15) is 0 Å². The molecular formula is C13H15ClFN3. The van der Waals surface area contributed by atoms with Crippen LogP contribution >= 0.6 is 12.4 Å². The molecule has 0 aromatic carbocycles. The van der Waals surface area contributed by atoms with Crippen LogP contribution in [-0.2, 0) is 7.05 Å². The molecule has 0 radical (unpaired) electrons. The first-order valence-electron chi connectivity index (χ1n) is 5.76. The molecule has 0 unspecified atom stereocenters. The van der Waals surface area contributed by atoms with E-state index in [1.54, 1.807) is 6.07 Å². The minimum Gasteiger partial charge on any atom is -0.335 e. The van der Waals surface area contributed by atoms with Gasteiger partial charge in [0, 0.05) is 30.7 Å². The van der Waals surface area contributed by atoms with Crippen LogP contribution in [0.4, 0.5) is 4.39 Å². The lowest BCUT2D eigenvalue weighted by Gasteiger charge is -2.13. The van der Waals surface area contributed by atoms with Crippen molar-refractivity contribution in [3.63, 3.8) is 0 Å². The summed E-state index contributed by atoms with van der Waals surface area (Å²) in [5.74, 6) is -0.278. The third-order valence-corrected chi connectivity index (χ3v) is 3.19. The second-order valence-electron chi connectivity index (χ2n) is 4.36. The number of hydrogen-bond acceptors (Lipinski definition) is 2. The summed E-state index contributed by atoms with van der Waals surface area (Å²) < 4.78 is 15.2. The number of aryl methyl sites for hydroxylation is 1. The van der Waals surface area contributed by atoms with E-state index in [1.165, 1.54) is 11.8 Å². The van der Waals surface area contributed by atoms with Gasteiger partial charge in [0.2, 0.25) is 0 Å². The summed E-state index contributed by atoms with van der Waals surface area (Å²) in [4.78, 5) is 4.14. The second kappa shape index (κ2) is 5.08. The van der Waals surface area contributed by atoms with E-state index in [1.807, 2.05) is 17.8 Å². The summed E-state index contributed by atoms with van der Waals surface area (Å²) in [7, 11) is 1.94. The fourth-order valence-corrected chi connectivity index (χ4v) is 2.36. The molecule has 96 valence electrons. The van der Waals surface area contributed by atoms with E-state index in [-0.39, 0.29) is 18.2 Å². The second-order valence-corrected chi connectivity index (χ2v) is 4.36. The highest BCUT2D eigenvalue weighted by Crippen LogP contribution is 2.28. The molecular weight excluding hydrogens is 253 g/mol. The van der Waals surface area contributed by atoms with Gasteiger partial charge >= 0.3 is 0 Å². The van der Waals surface area contributed by atoms with Crippen molar-refractivity contribution >= 4 is 29.0 Å². The summed E-state index contributed by atoms with van der Waals surface area (Å²) in [5, 5.41) is 4.18. The fourth-order valence-electron chi connectivity index (χ4n) is 2.36. The van der Waals surface area contributed by atoms with Gasteiger partial charge in [-0.05, 0) is 24.6 Å². The minimum absolute atomic E-state index is 0. The van der Waals surface area contributed by atoms with Crippen LogP contribution in [0.3, 0.4) is 0 Å². The molecule has 0 atom stereocenters. The summed E-state index contributed by atoms with van der Waals surface area (Å²) >= 11 is 0. The average molecular weight is 268 g/mol. The van der Waals surface area contributed by atoms with Crippen molar-refractivity contribution in [2.45, 2.75) is 6.42 Å². The zero-order valence-electron chi connectivity index (χ0n) is 10.1. The summed E-state index contributed by atoms with van der Waals surface area (Å²) in [6.45, 7) is 1.86. The predicted octanol–water partition coefficient (Wildman–Crippen LogP) is 2.51. The number of hydrogen-bond donors (Lipinski definition) is 1. The Morgan fingerprint density at radius 1 is 1.44 bits per heavy atom. The van der Waals surface area contributed by atoms with Gasteiger partial charge < -0.3 is 9.88 Å². The van der Waals surface area contributed by atoms with E-state index in [9.17, 15) is 4.39 Å². The van der Waals surface area contributed by atoms with Crippen LogP contribution in [0.1, 0.15) is 12.0 Å². The van der Waals surface area contributed by atoms with E-state index >= 15 is 0 Å². The number of halogens is 2. The molecule has 2 aromatic heterocycles. The van der Waals surface area contributed by atoms with Crippen molar-refractivity contribution in [2.24, 2.45) is 7.05 Å². The number of fused-ring (bicyclic) bond motifs is 1. The molecule has 0 bridgehead atoms. The van der Waals surface area contributed by atoms with E-state index in [0.29, 0.717) is 0 Å². The van der Waals surface area contributed by atoms with Crippen LogP contribution in [-0.4, -0.2) is 22.6 Å². The Labute approximate surface area is 111 Å². The SMILES string of the molecule is Cl.Cn1cc(C2=CCNCC2)c2cc(F)cnc21. The molecule has 0 saturated carbocycles. The van der Waals surface area contributed by atoms with Gasteiger partial charge in [-0.3, -0.25) is 0 Å². The van der Waals surface area contributed by atoms with Crippen LogP contribution in [0.25, 0.3) is 16.6 Å². The Bertz CT molecular complexity index is 604. The standard InChI is InChI=1S/C13H14FN3.ClH/c1-17-8-12(9-2-4-15-5-3-9)11-6-10(14)7-16-13(11)17;/h2,6-8,15H,3-5H2,1H3;1H. The van der Waals surface area contributed by atoms with Crippen LogP contribution in [0.2, 0.25) is 0 Å². The molecule has 0 saturated heterocycles. The molecule has 0 amide bonds. The summed E-state index contributed by atoms with van der Waals surface area (Å²) in [6, 6.07) is 1.57. The Morgan fingerprint density at radius 2 is 2.28 bits per heavy atom. The lowest BCUT2D eigenvalue weighted by atomic mass is 10.0. The summed E-state index contributed by atoms with van der Waals surface area (Å²) in [5.41, 5.74) is 3.22. The van der Waals surface area contributed by atoms with E-state index in [4.69, 9.17) is 0 Å². The van der Waals surface area contributed by atoms with E-state index < -0.39 is 0 Å². The zero-order valence-corrected chi connectivity index (χ0v) is 10.9. The van der Waals surface area contributed by atoms with Gasteiger partial charge in [0.25, 0.3) is 0 Å². The first kappa shape index (κ1) is 13.1. The number of aromatic nitrogens is 2. The molecule has 5 heteroatoms. The van der Waals surface area contributed by atoms with Crippen LogP contribution in [0.5, 0.6) is 0 Å². The highest BCUT2D eigenvalue weighted by molar-refractivity contribution is 5.91. The van der Waals surface area contributed by atoms with Gasteiger partial charge in [0.15, 0.2) is 0 Å². The van der Waals surface area contributed by atoms with Crippen molar-refractivity contribution in [1.29, 1.82) is 0 Å². The maximum absolute atomic E-state index is 13.3. The molecule has 18 heavy (non-hydrogen) atoms. The fraction of sp³-hybridized carbons (Fsp3) is 0.308. The van der Waals surface area contributed by atoms with E-state index in [0.717, 1.165) is 36.1 Å². The van der Waals surface area contributed by atoms with Crippen molar-refractivity contribution < 1.29 is 4.39 Å². The molecule has 3 heterocycles. The molecule has 3 rings (SSSR count). The van der Waals surface area contributed by atoms with Crippen LogP contribution in [0.15, 0.2) is 24.5 Å². The number of pyridine rings is 1. The topological polar surface area (TPSA) is 29.9 Å². The number of nitrogens with one attached hydrogen (secondary N) is 1. The highest BCUT2D eigenvalue weighted by atomic mass is 35.5. The molecule has 0 spiro atoms. The van der Waals surface area contributed by atoms with Crippen LogP contribution in [0, 0.1) is 5.82 Å². The molecule has 0 fully saturated rings. The average Bonchev–Trinajstić information content (AvgIpc) is 2.67. The Balaban J connectivity index is 0.00000120. The first-order chi connectivity index (χ1) is 8.25. The maximum atomic E-state index is 13.3. The van der Waals surface area contributed by atoms with Crippen molar-refractivity contribution in [2.75, 3.05) is 13.1 Å². The Kier molecular flexibility index (Phi) is 3.68. The Hall–Kier alpha value is -1.39. The van der Waals surface area contributed by atoms with Gasteiger partial charge in [0.05, 0.1) is 6.20 Å². The lowest BCUT2D eigenvalue weighted by molar-refractivity contribution is 0.623. The lowest BCUT2D eigenvalue weighted by Crippen LogP contribution is -2.19. The number of rotatable bonds is 1. The van der Waals surface area contributed by atoms with Crippen molar-refractivity contribution in [1.82, 2.24) is 14.9 Å². The van der Waals surface area contributed by atoms with Gasteiger partial charge in [-0.25, -0.2) is 9.37 Å². The molecule has 1 N–H and O–H groups in total. The number of nitrogens with zero attached hydrogens (tertiary/aromatic N) is 2. The first-order valence-corrected chi connectivity index (χ1v) is 5.76. The van der Waals surface area contributed by atoms with Gasteiger partial charge in [-0.1, -0.05) is 6.08 Å². The van der Waals surface area contributed by atoms with Crippen molar-refractivity contribution in [3.8, 4) is 0 Å². The largest absolute Gasteiger partial charge is 0.335 e. The van der Waals surface area contributed by atoms with Crippen molar-refractivity contribution in [3.05, 3.63) is 35.9 Å². The van der Waals surface area contributed by atoms with E-state index in [2.05, 4.69) is 16.4 Å². The monoisotopic (exact) mass is 267 g/mol. The maximum Gasteiger partial charge on any atom is 0.142 e. The normalized spacial score (nSPS) is 15.3. The highest BCUT2D eigenvalue weighted by Gasteiger charge is 2.13. The third kappa shape index (κ3) is 2.13.